The Morgan fingerprint density at radius 1 is 1.20 bits per heavy atom. The number of nitrogens with zero attached hydrogens (tertiary/aromatic N) is 6. The van der Waals surface area contributed by atoms with E-state index in [-0.39, 0.29) is 22.6 Å². The highest BCUT2D eigenvalue weighted by molar-refractivity contribution is 6.32. The van der Waals surface area contributed by atoms with Gasteiger partial charge in [0.05, 0.1) is 23.5 Å². The number of nitrogens with one attached hydrogen (secondary N) is 1. The highest BCUT2D eigenvalue weighted by Gasteiger charge is 2.31. The van der Waals surface area contributed by atoms with Gasteiger partial charge < -0.3 is 9.88 Å². The lowest BCUT2D eigenvalue weighted by molar-refractivity contribution is -0.137. The minimum atomic E-state index is -4.52. The zero-order chi connectivity index (χ0) is 21.5. The van der Waals surface area contributed by atoms with Crippen LogP contribution in [0, 0.1) is 0 Å². The number of hydrogen-bond donors (Lipinski definition) is 1. The van der Waals surface area contributed by atoms with E-state index < -0.39 is 17.3 Å². The van der Waals surface area contributed by atoms with Gasteiger partial charge in [0.25, 0.3) is 5.56 Å². The molecule has 0 spiro atoms. The van der Waals surface area contributed by atoms with Gasteiger partial charge >= 0.3 is 6.18 Å². The topological polar surface area (TPSA) is 90.5 Å². The van der Waals surface area contributed by atoms with Gasteiger partial charge in [-0.2, -0.15) is 23.0 Å². The number of hydrogen-bond acceptors (Lipinski definition) is 6. The van der Waals surface area contributed by atoms with Gasteiger partial charge in [0, 0.05) is 19.2 Å². The highest BCUT2D eigenvalue weighted by Crippen LogP contribution is 2.29. The van der Waals surface area contributed by atoms with Crippen molar-refractivity contribution in [3.05, 3.63) is 57.1 Å². The molecule has 0 aliphatic carbocycles. The molecule has 4 heterocycles. The van der Waals surface area contributed by atoms with Crippen LogP contribution in [0.1, 0.15) is 43.0 Å². The molecule has 0 aromatic carbocycles. The normalized spacial score (nSPS) is 15.0. The van der Waals surface area contributed by atoms with Crippen LogP contribution in [0.4, 0.5) is 18.9 Å². The summed E-state index contributed by atoms with van der Waals surface area (Å²) in [5.74, 6) is 1.59. The van der Waals surface area contributed by atoms with Crippen LogP contribution >= 0.6 is 11.6 Å². The Bertz CT molecular complexity index is 1120. The van der Waals surface area contributed by atoms with Crippen LogP contribution in [0.5, 0.6) is 0 Å². The summed E-state index contributed by atoms with van der Waals surface area (Å²) in [4.78, 5) is 16.3. The average Bonchev–Trinajstić information content (AvgIpc) is 3.15. The van der Waals surface area contributed by atoms with Crippen molar-refractivity contribution in [3.63, 3.8) is 0 Å². The number of alkyl halides is 3. The predicted octanol–water partition coefficient (Wildman–Crippen LogP) is 3.40. The van der Waals surface area contributed by atoms with Crippen LogP contribution < -0.4 is 10.9 Å². The molecule has 0 bridgehead atoms. The molecule has 30 heavy (non-hydrogen) atoms. The maximum Gasteiger partial charge on any atom is 0.417 e. The molecule has 3 aromatic rings. The summed E-state index contributed by atoms with van der Waals surface area (Å²) in [6, 6.07) is 1.60. The van der Waals surface area contributed by atoms with Crippen molar-refractivity contribution in [3.8, 4) is 5.82 Å². The molecule has 8 nitrogen and oxygen atoms in total. The first-order valence-electron chi connectivity index (χ1n) is 9.25. The van der Waals surface area contributed by atoms with Crippen molar-refractivity contribution >= 4 is 17.3 Å². The van der Waals surface area contributed by atoms with Gasteiger partial charge in [-0.25, -0.2) is 4.98 Å². The molecule has 1 N–H and O–H groups in total. The molecular formula is C18H17ClF3N7O. The zero-order valence-electron chi connectivity index (χ0n) is 15.8. The van der Waals surface area contributed by atoms with Crippen LogP contribution in [-0.4, -0.2) is 29.5 Å². The van der Waals surface area contributed by atoms with E-state index in [0.717, 1.165) is 54.3 Å². The molecule has 3 aromatic heterocycles. The fourth-order valence-electron chi connectivity index (χ4n) is 3.32. The van der Waals surface area contributed by atoms with Crippen LogP contribution in [0.25, 0.3) is 5.82 Å². The van der Waals surface area contributed by atoms with Crippen molar-refractivity contribution in [2.24, 2.45) is 0 Å². The smallest absolute Gasteiger partial charge is 0.373 e. The molecule has 12 heteroatoms. The Morgan fingerprint density at radius 3 is 2.70 bits per heavy atom. The van der Waals surface area contributed by atoms with Crippen LogP contribution in [0.15, 0.2) is 29.3 Å². The molecule has 1 atom stereocenters. The van der Waals surface area contributed by atoms with Gasteiger partial charge in [-0.15, -0.1) is 10.2 Å². The molecule has 0 saturated carbocycles. The third-order valence-electron chi connectivity index (χ3n) is 4.86. The van der Waals surface area contributed by atoms with Crippen molar-refractivity contribution < 1.29 is 13.2 Å². The molecular weight excluding hydrogens is 423 g/mol. The first-order chi connectivity index (χ1) is 14.3. The second-order valence-electron chi connectivity index (χ2n) is 6.94. The second-order valence-corrected chi connectivity index (χ2v) is 7.32. The summed E-state index contributed by atoms with van der Waals surface area (Å²) in [7, 11) is 0. The maximum absolute atomic E-state index is 12.7. The standard InChI is InChI=1S/C18H17ClF3N7O/c1-10(16-27-26-14-4-2-3-7-28(14)16)25-12-9-24-29(17(30)15(12)19)13-6-5-11(8-23-13)18(20,21)22/h5-6,8-10,25H,2-4,7H2,1H3. The molecule has 0 radical (unpaired) electrons. The van der Waals surface area contributed by atoms with Crippen molar-refractivity contribution in [1.82, 2.24) is 29.5 Å². The number of aromatic nitrogens is 6. The molecule has 158 valence electrons. The van der Waals surface area contributed by atoms with Gasteiger partial charge in [-0.3, -0.25) is 4.79 Å². The first kappa shape index (κ1) is 20.3. The summed E-state index contributed by atoms with van der Waals surface area (Å²) < 4.78 is 41.0. The fraction of sp³-hybridized carbons (Fsp3) is 0.389. The Balaban J connectivity index is 1.59. The van der Waals surface area contributed by atoms with E-state index in [1.165, 1.54) is 6.20 Å². The Morgan fingerprint density at radius 2 is 2.00 bits per heavy atom. The lowest BCUT2D eigenvalue weighted by Crippen LogP contribution is -2.25. The van der Waals surface area contributed by atoms with Gasteiger partial charge in [0.2, 0.25) is 0 Å². The molecule has 0 amide bonds. The van der Waals surface area contributed by atoms with Crippen molar-refractivity contribution in [2.45, 2.75) is 44.9 Å². The molecule has 4 rings (SSSR count). The van der Waals surface area contributed by atoms with E-state index in [1.807, 2.05) is 6.92 Å². The Labute approximate surface area is 173 Å². The van der Waals surface area contributed by atoms with Gasteiger partial charge in [0.15, 0.2) is 11.6 Å². The summed E-state index contributed by atoms with van der Waals surface area (Å²) in [6.45, 7) is 2.70. The van der Waals surface area contributed by atoms with E-state index in [9.17, 15) is 18.0 Å². The predicted molar refractivity (Wildman–Crippen MR) is 103 cm³/mol. The number of rotatable bonds is 4. The Kier molecular flexibility index (Phi) is 5.22. The number of aryl methyl sites for hydroxylation is 1. The van der Waals surface area contributed by atoms with Gasteiger partial charge in [0.1, 0.15) is 10.8 Å². The number of halogens is 4. The molecule has 1 aliphatic rings. The first-order valence-corrected chi connectivity index (χ1v) is 9.63. The van der Waals surface area contributed by atoms with E-state index >= 15 is 0 Å². The number of fused-ring (bicyclic) bond motifs is 1. The third kappa shape index (κ3) is 3.76. The Hall–Kier alpha value is -2.95. The molecule has 0 fully saturated rings. The highest BCUT2D eigenvalue weighted by atomic mass is 35.5. The maximum atomic E-state index is 12.7. The largest absolute Gasteiger partial charge is 0.417 e. The van der Waals surface area contributed by atoms with Crippen LogP contribution in [-0.2, 0) is 19.1 Å². The minimum absolute atomic E-state index is 0.0685. The second kappa shape index (κ2) is 7.71. The number of pyridine rings is 1. The molecule has 1 unspecified atom stereocenters. The summed E-state index contributed by atoms with van der Waals surface area (Å²) in [5.41, 5.74) is -1.34. The van der Waals surface area contributed by atoms with Crippen molar-refractivity contribution in [2.75, 3.05) is 5.32 Å². The minimum Gasteiger partial charge on any atom is -0.373 e. The number of anilines is 1. The van der Waals surface area contributed by atoms with Crippen LogP contribution in [0.3, 0.4) is 0 Å². The third-order valence-corrected chi connectivity index (χ3v) is 5.22. The van der Waals surface area contributed by atoms with Gasteiger partial charge in [-0.1, -0.05) is 11.6 Å². The van der Waals surface area contributed by atoms with E-state index in [0.29, 0.717) is 6.20 Å². The van der Waals surface area contributed by atoms with Crippen molar-refractivity contribution in [1.29, 1.82) is 0 Å². The molecule has 0 saturated heterocycles. The zero-order valence-corrected chi connectivity index (χ0v) is 16.6. The summed E-state index contributed by atoms with van der Waals surface area (Å²) >= 11 is 6.21. The quantitative estimate of drug-likeness (QED) is 0.670. The fourth-order valence-corrected chi connectivity index (χ4v) is 3.51. The van der Waals surface area contributed by atoms with E-state index in [1.54, 1.807) is 0 Å². The van der Waals surface area contributed by atoms with E-state index in [4.69, 9.17) is 11.6 Å². The van der Waals surface area contributed by atoms with Gasteiger partial charge in [-0.05, 0) is 31.9 Å². The average molecular weight is 440 g/mol. The van der Waals surface area contributed by atoms with E-state index in [2.05, 4.69) is 30.2 Å². The summed E-state index contributed by atoms with van der Waals surface area (Å²) in [5, 5.41) is 15.4. The lowest BCUT2D eigenvalue weighted by Gasteiger charge is -2.20. The SMILES string of the molecule is CC(Nc1cnn(-c2ccc(C(F)(F)F)cn2)c(=O)c1Cl)c1nnc2n1CCCC2. The monoisotopic (exact) mass is 439 g/mol. The lowest BCUT2D eigenvalue weighted by atomic mass is 10.1. The summed E-state index contributed by atoms with van der Waals surface area (Å²) in [6.07, 6.45) is 0.437. The van der Waals surface area contributed by atoms with Crippen LogP contribution in [0.2, 0.25) is 5.02 Å². The molecule has 1 aliphatic heterocycles.